The summed E-state index contributed by atoms with van der Waals surface area (Å²) in [5.74, 6) is 0. The van der Waals surface area contributed by atoms with Gasteiger partial charge in [0.25, 0.3) is 0 Å². The minimum atomic E-state index is -0.841. The SMILES string of the molecule is Cc1cc(N2CC[C@](O)(c3ccccc3)[C@H](N3CCOCC3)C2)cc(C)n1. The van der Waals surface area contributed by atoms with Gasteiger partial charge in [-0.15, -0.1) is 0 Å². The van der Waals surface area contributed by atoms with E-state index >= 15 is 0 Å². The maximum absolute atomic E-state index is 11.8. The fraction of sp³-hybridized carbons (Fsp3) is 0.500. The number of piperidine rings is 1. The van der Waals surface area contributed by atoms with Gasteiger partial charge in [0, 0.05) is 43.3 Å². The number of ether oxygens (including phenoxy) is 1. The zero-order valence-electron chi connectivity index (χ0n) is 16.3. The van der Waals surface area contributed by atoms with Crippen LogP contribution >= 0.6 is 0 Å². The van der Waals surface area contributed by atoms with Crippen LogP contribution in [0.4, 0.5) is 5.69 Å². The number of benzene rings is 1. The van der Waals surface area contributed by atoms with Crippen LogP contribution in [-0.4, -0.2) is 60.4 Å². The average Bonchev–Trinajstić information content (AvgIpc) is 2.69. The molecule has 5 heteroatoms. The standard InChI is InChI=1S/C22H29N3O2/c1-17-14-20(15-18(2)23-17)25-9-8-22(26,19-6-4-3-5-7-19)21(16-25)24-10-12-27-13-11-24/h3-7,14-15,21,26H,8-13,16H2,1-2H3/t21-,22+/m1/s1. The maximum Gasteiger partial charge on any atom is 0.108 e. The van der Waals surface area contributed by atoms with Crippen LogP contribution in [0.5, 0.6) is 0 Å². The third-order valence-corrected chi connectivity index (χ3v) is 5.90. The first-order chi connectivity index (χ1) is 13.1. The second-order valence-electron chi connectivity index (χ2n) is 7.76. The molecule has 2 aliphatic heterocycles. The third kappa shape index (κ3) is 3.72. The molecule has 1 aromatic heterocycles. The number of anilines is 1. The number of hydrogen-bond donors (Lipinski definition) is 1. The molecule has 144 valence electrons. The van der Waals surface area contributed by atoms with Crippen molar-refractivity contribution >= 4 is 5.69 Å². The van der Waals surface area contributed by atoms with Crippen LogP contribution in [0.2, 0.25) is 0 Å². The molecule has 0 radical (unpaired) electrons. The lowest BCUT2D eigenvalue weighted by molar-refractivity contribution is -0.0910. The quantitative estimate of drug-likeness (QED) is 0.903. The molecule has 2 fully saturated rings. The number of aliphatic hydroxyl groups is 1. The van der Waals surface area contributed by atoms with E-state index in [1.165, 1.54) is 5.69 Å². The molecule has 0 unspecified atom stereocenters. The van der Waals surface area contributed by atoms with Gasteiger partial charge in [-0.25, -0.2) is 0 Å². The highest BCUT2D eigenvalue weighted by molar-refractivity contribution is 5.49. The van der Waals surface area contributed by atoms with Gasteiger partial charge in [0.1, 0.15) is 5.60 Å². The first kappa shape index (κ1) is 18.4. The molecule has 0 aliphatic carbocycles. The molecule has 0 saturated carbocycles. The third-order valence-electron chi connectivity index (χ3n) is 5.90. The Balaban J connectivity index is 1.66. The molecule has 0 spiro atoms. The molecule has 4 rings (SSSR count). The molecule has 2 aromatic rings. The van der Waals surface area contributed by atoms with Crippen molar-refractivity contribution in [2.75, 3.05) is 44.3 Å². The summed E-state index contributed by atoms with van der Waals surface area (Å²) in [7, 11) is 0. The van der Waals surface area contributed by atoms with Crippen molar-refractivity contribution in [3.63, 3.8) is 0 Å². The van der Waals surface area contributed by atoms with Gasteiger partial charge in [-0.3, -0.25) is 9.88 Å². The normalized spacial score (nSPS) is 26.9. The Morgan fingerprint density at radius 2 is 1.70 bits per heavy atom. The van der Waals surface area contributed by atoms with Gasteiger partial charge >= 0.3 is 0 Å². The number of pyridine rings is 1. The summed E-state index contributed by atoms with van der Waals surface area (Å²) in [6, 6.07) is 14.5. The minimum Gasteiger partial charge on any atom is -0.383 e. The van der Waals surface area contributed by atoms with Crippen LogP contribution in [0.15, 0.2) is 42.5 Å². The molecule has 0 amide bonds. The first-order valence-electron chi connectivity index (χ1n) is 9.86. The maximum atomic E-state index is 11.8. The highest BCUT2D eigenvalue weighted by atomic mass is 16.5. The molecule has 0 bridgehead atoms. The summed E-state index contributed by atoms with van der Waals surface area (Å²) in [5, 5.41) is 11.8. The van der Waals surface area contributed by atoms with Gasteiger partial charge in [-0.05, 0) is 38.0 Å². The fourth-order valence-corrected chi connectivity index (χ4v) is 4.52. The van der Waals surface area contributed by atoms with Gasteiger partial charge in [0.2, 0.25) is 0 Å². The molecule has 1 N–H and O–H groups in total. The lowest BCUT2D eigenvalue weighted by Crippen LogP contribution is -2.62. The highest BCUT2D eigenvalue weighted by Gasteiger charge is 2.46. The van der Waals surface area contributed by atoms with Crippen LogP contribution in [-0.2, 0) is 10.3 Å². The highest BCUT2D eigenvalue weighted by Crippen LogP contribution is 2.38. The van der Waals surface area contributed by atoms with E-state index in [1.54, 1.807) is 0 Å². The Labute approximate surface area is 161 Å². The van der Waals surface area contributed by atoms with Crippen molar-refractivity contribution in [2.24, 2.45) is 0 Å². The van der Waals surface area contributed by atoms with Gasteiger partial charge in [-0.1, -0.05) is 30.3 Å². The van der Waals surface area contributed by atoms with Gasteiger partial charge < -0.3 is 14.7 Å². The number of morpholine rings is 1. The Morgan fingerprint density at radius 3 is 2.37 bits per heavy atom. The minimum absolute atomic E-state index is 0.0336. The molecule has 2 aliphatic rings. The lowest BCUT2D eigenvalue weighted by Gasteiger charge is -2.51. The Kier molecular flexibility index (Phi) is 5.17. The molecule has 2 atom stereocenters. The van der Waals surface area contributed by atoms with E-state index in [0.29, 0.717) is 6.42 Å². The molecular formula is C22H29N3O2. The number of aromatic nitrogens is 1. The zero-order chi connectivity index (χ0) is 18.9. The molecule has 27 heavy (non-hydrogen) atoms. The van der Waals surface area contributed by atoms with E-state index in [0.717, 1.165) is 56.3 Å². The van der Waals surface area contributed by atoms with Crippen molar-refractivity contribution < 1.29 is 9.84 Å². The van der Waals surface area contributed by atoms with Crippen molar-refractivity contribution in [1.29, 1.82) is 0 Å². The smallest absolute Gasteiger partial charge is 0.108 e. The Morgan fingerprint density at radius 1 is 1.04 bits per heavy atom. The topological polar surface area (TPSA) is 48.8 Å². The fourth-order valence-electron chi connectivity index (χ4n) is 4.52. The largest absolute Gasteiger partial charge is 0.383 e. The average molecular weight is 367 g/mol. The molecule has 1 aromatic carbocycles. The van der Waals surface area contributed by atoms with Gasteiger partial charge in [0.05, 0.1) is 19.3 Å². The van der Waals surface area contributed by atoms with E-state index in [-0.39, 0.29) is 6.04 Å². The van der Waals surface area contributed by atoms with Crippen LogP contribution < -0.4 is 4.90 Å². The molecular weight excluding hydrogens is 338 g/mol. The summed E-state index contributed by atoms with van der Waals surface area (Å²) in [6.45, 7) is 8.90. The number of hydrogen-bond acceptors (Lipinski definition) is 5. The van der Waals surface area contributed by atoms with Gasteiger partial charge in [0.15, 0.2) is 0 Å². The van der Waals surface area contributed by atoms with Crippen LogP contribution in [0, 0.1) is 13.8 Å². The summed E-state index contributed by atoms with van der Waals surface area (Å²) in [5.41, 5.74) is 3.46. The summed E-state index contributed by atoms with van der Waals surface area (Å²) in [6.07, 6.45) is 0.708. The van der Waals surface area contributed by atoms with E-state index in [4.69, 9.17) is 4.74 Å². The van der Waals surface area contributed by atoms with Gasteiger partial charge in [-0.2, -0.15) is 0 Å². The number of nitrogens with zero attached hydrogens (tertiary/aromatic N) is 3. The molecule has 3 heterocycles. The molecule has 5 nitrogen and oxygen atoms in total. The zero-order valence-corrected chi connectivity index (χ0v) is 16.3. The van der Waals surface area contributed by atoms with Crippen LogP contribution in [0.1, 0.15) is 23.4 Å². The summed E-state index contributed by atoms with van der Waals surface area (Å²) < 4.78 is 5.56. The predicted molar refractivity (Wildman–Crippen MR) is 107 cm³/mol. The summed E-state index contributed by atoms with van der Waals surface area (Å²) >= 11 is 0. The Bertz CT molecular complexity index is 756. The number of rotatable bonds is 3. The predicted octanol–water partition coefficient (Wildman–Crippen LogP) is 2.50. The lowest BCUT2D eigenvalue weighted by atomic mass is 9.79. The first-order valence-corrected chi connectivity index (χ1v) is 9.86. The van der Waals surface area contributed by atoms with Crippen molar-refractivity contribution in [3.05, 3.63) is 59.4 Å². The van der Waals surface area contributed by atoms with E-state index in [1.807, 2.05) is 32.0 Å². The van der Waals surface area contributed by atoms with Crippen molar-refractivity contribution in [3.8, 4) is 0 Å². The van der Waals surface area contributed by atoms with E-state index in [2.05, 4.69) is 39.0 Å². The second kappa shape index (κ2) is 7.58. The summed E-state index contributed by atoms with van der Waals surface area (Å²) in [4.78, 5) is 9.32. The van der Waals surface area contributed by atoms with Crippen molar-refractivity contribution in [2.45, 2.75) is 31.9 Å². The second-order valence-corrected chi connectivity index (χ2v) is 7.76. The Hall–Kier alpha value is -1.95. The van der Waals surface area contributed by atoms with E-state index in [9.17, 15) is 5.11 Å². The number of aryl methyl sites for hydroxylation is 2. The van der Waals surface area contributed by atoms with Crippen LogP contribution in [0.25, 0.3) is 0 Å². The van der Waals surface area contributed by atoms with Crippen LogP contribution in [0.3, 0.4) is 0 Å². The van der Waals surface area contributed by atoms with E-state index < -0.39 is 5.60 Å². The molecule has 2 saturated heterocycles. The van der Waals surface area contributed by atoms with Crippen molar-refractivity contribution in [1.82, 2.24) is 9.88 Å². The monoisotopic (exact) mass is 367 g/mol.